The second-order valence-corrected chi connectivity index (χ2v) is 6.62. The fraction of sp³-hybridized carbons (Fsp3) is 0.130. The largest absolute Gasteiger partial charge is 0.265 e. The fourth-order valence-corrected chi connectivity index (χ4v) is 3.42. The van der Waals surface area contributed by atoms with Gasteiger partial charge in [0.25, 0.3) is 0 Å². The van der Waals surface area contributed by atoms with E-state index in [0.717, 1.165) is 34.5 Å². The Morgan fingerprint density at radius 1 is 0.846 bits per heavy atom. The molecule has 3 heteroatoms. The van der Waals surface area contributed by atoms with Gasteiger partial charge in [0.05, 0.1) is 11.4 Å². The van der Waals surface area contributed by atoms with Gasteiger partial charge in [-0.3, -0.25) is 9.98 Å². The zero-order valence-corrected chi connectivity index (χ0v) is 14.8. The zero-order chi connectivity index (χ0) is 18.1. The van der Waals surface area contributed by atoms with Crippen LogP contribution in [0.2, 0.25) is 0 Å². The third-order valence-corrected chi connectivity index (χ3v) is 4.72. The van der Waals surface area contributed by atoms with Crippen LogP contribution in [0.15, 0.2) is 72.0 Å². The lowest BCUT2D eigenvalue weighted by molar-refractivity contribution is 0.627. The SMILES string of the molecule is Cc1ccc(C2=NC(c3ccc(F)cc3)=C(c3ccncc3)C2)c(C)c1. The molecule has 4 rings (SSSR count). The van der Waals surface area contributed by atoms with E-state index in [0.29, 0.717) is 0 Å². The molecule has 1 aromatic heterocycles. The van der Waals surface area contributed by atoms with Crippen LogP contribution in [0.3, 0.4) is 0 Å². The maximum atomic E-state index is 13.4. The van der Waals surface area contributed by atoms with Crippen LogP contribution in [0.4, 0.5) is 4.39 Å². The summed E-state index contributed by atoms with van der Waals surface area (Å²) in [5.74, 6) is -0.239. The highest BCUT2D eigenvalue weighted by Gasteiger charge is 2.22. The average molecular weight is 342 g/mol. The maximum Gasteiger partial charge on any atom is 0.123 e. The topological polar surface area (TPSA) is 25.2 Å². The van der Waals surface area contributed by atoms with Gasteiger partial charge in [0.15, 0.2) is 0 Å². The van der Waals surface area contributed by atoms with E-state index in [1.807, 2.05) is 12.1 Å². The average Bonchev–Trinajstić information content (AvgIpc) is 3.08. The number of aryl methyl sites for hydroxylation is 2. The maximum absolute atomic E-state index is 13.4. The third kappa shape index (κ3) is 3.08. The minimum Gasteiger partial charge on any atom is -0.265 e. The van der Waals surface area contributed by atoms with Gasteiger partial charge in [-0.15, -0.1) is 0 Å². The third-order valence-electron chi connectivity index (χ3n) is 4.72. The normalized spacial score (nSPS) is 13.9. The van der Waals surface area contributed by atoms with E-state index >= 15 is 0 Å². The highest BCUT2D eigenvalue weighted by atomic mass is 19.1. The molecular weight excluding hydrogens is 323 g/mol. The molecule has 0 aliphatic carbocycles. The summed E-state index contributed by atoms with van der Waals surface area (Å²) >= 11 is 0. The predicted molar refractivity (Wildman–Crippen MR) is 105 cm³/mol. The van der Waals surface area contributed by atoms with Crippen LogP contribution < -0.4 is 0 Å². The van der Waals surface area contributed by atoms with Gasteiger partial charge >= 0.3 is 0 Å². The molecule has 0 bridgehead atoms. The number of benzene rings is 2. The molecule has 3 aromatic rings. The first-order valence-electron chi connectivity index (χ1n) is 8.66. The molecule has 0 atom stereocenters. The molecular formula is C23H19FN2. The van der Waals surface area contributed by atoms with Gasteiger partial charge in [0.2, 0.25) is 0 Å². The summed E-state index contributed by atoms with van der Waals surface area (Å²) in [6, 6.07) is 17.0. The molecule has 0 saturated carbocycles. The second-order valence-electron chi connectivity index (χ2n) is 6.62. The van der Waals surface area contributed by atoms with Gasteiger partial charge in [-0.05, 0) is 72.5 Å². The van der Waals surface area contributed by atoms with Crippen molar-refractivity contribution in [1.82, 2.24) is 4.98 Å². The van der Waals surface area contributed by atoms with Crippen molar-refractivity contribution in [2.24, 2.45) is 4.99 Å². The molecule has 128 valence electrons. The van der Waals surface area contributed by atoms with Gasteiger partial charge < -0.3 is 0 Å². The van der Waals surface area contributed by atoms with E-state index in [4.69, 9.17) is 4.99 Å². The van der Waals surface area contributed by atoms with Gasteiger partial charge in [0, 0.05) is 24.4 Å². The first-order chi connectivity index (χ1) is 12.6. The van der Waals surface area contributed by atoms with Crippen molar-refractivity contribution in [3.63, 3.8) is 0 Å². The number of allylic oxidation sites excluding steroid dienone is 1. The molecule has 0 radical (unpaired) electrons. The van der Waals surface area contributed by atoms with Gasteiger partial charge in [-0.2, -0.15) is 0 Å². The second kappa shape index (κ2) is 6.68. The number of hydrogen-bond acceptors (Lipinski definition) is 2. The highest BCUT2D eigenvalue weighted by Crippen LogP contribution is 2.37. The van der Waals surface area contributed by atoms with Gasteiger partial charge in [0.1, 0.15) is 5.82 Å². The van der Waals surface area contributed by atoms with E-state index in [1.54, 1.807) is 24.5 Å². The van der Waals surface area contributed by atoms with Crippen LogP contribution in [0.1, 0.15) is 34.2 Å². The Morgan fingerprint density at radius 2 is 1.58 bits per heavy atom. The minimum absolute atomic E-state index is 0.239. The van der Waals surface area contributed by atoms with E-state index in [1.165, 1.54) is 28.8 Å². The molecule has 0 unspecified atom stereocenters. The van der Waals surface area contributed by atoms with Crippen molar-refractivity contribution >= 4 is 17.0 Å². The van der Waals surface area contributed by atoms with E-state index < -0.39 is 0 Å². The van der Waals surface area contributed by atoms with Crippen molar-refractivity contribution in [1.29, 1.82) is 0 Å². The van der Waals surface area contributed by atoms with Crippen molar-refractivity contribution < 1.29 is 4.39 Å². The molecule has 0 fully saturated rings. The standard InChI is InChI=1S/C23H19FN2/c1-15-3-8-20(16(2)13-15)22-14-21(17-9-11-25-12-10-17)23(26-22)18-4-6-19(24)7-5-18/h3-13H,14H2,1-2H3. The summed E-state index contributed by atoms with van der Waals surface area (Å²) in [5.41, 5.74) is 8.76. The summed E-state index contributed by atoms with van der Waals surface area (Å²) in [4.78, 5) is 9.08. The molecule has 2 heterocycles. The molecule has 2 aromatic carbocycles. The monoisotopic (exact) mass is 342 g/mol. The lowest BCUT2D eigenvalue weighted by atomic mass is 9.94. The number of hydrogen-bond donors (Lipinski definition) is 0. The van der Waals surface area contributed by atoms with Crippen LogP contribution in [0.25, 0.3) is 11.3 Å². The Labute approximate surface area is 152 Å². The smallest absolute Gasteiger partial charge is 0.123 e. The Hall–Kier alpha value is -3.07. The minimum atomic E-state index is -0.239. The molecule has 26 heavy (non-hydrogen) atoms. The summed E-state index contributed by atoms with van der Waals surface area (Å²) in [6.07, 6.45) is 4.33. The molecule has 0 spiro atoms. The zero-order valence-electron chi connectivity index (χ0n) is 14.8. The Balaban J connectivity index is 1.83. The van der Waals surface area contributed by atoms with Crippen LogP contribution >= 0.6 is 0 Å². The number of halogens is 1. The number of aliphatic imine (C=N–C) groups is 1. The number of aromatic nitrogens is 1. The van der Waals surface area contributed by atoms with Crippen LogP contribution in [-0.2, 0) is 0 Å². The summed E-state index contributed by atoms with van der Waals surface area (Å²) < 4.78 is 13.4. The molecule has 0 N–H and O–H groups in total. The molecule has 0 saturated heterocycles. The quantitative estimate of drug-likeness (QED) is 0.608. The predicted octanol–water partition coefficient (Wildman–Crippen LogP) is 5.60. The first-order valence-corrected chi connectivity index (χ1v) is 8.66. The molecule has 1 aliphatic rings. The van der Waals surface area contributed by atoms with E-state index in [2.05, 4.69) is 37.0 Å². The first kappa shape index (κ1) is 16.4. The van der Waals surface area contributed by atoms with Crippen LogP contribution in [0.5, 0.6) is 0 Å². The summed E-state index contributed by atoms with van der Waals surface area (Å²) in [7, 11) is 0. The van der Waals surface area contributed by atoms with Gasteiger partial charge in [-0.25, -0.2) is 4.39 Å². The fourth-order valence-electron chi connectivity index (χ4n) is 3.42. The lowest BCUT2D eigenvalue weighted by Gasteiger charge is -2.08. The van der Waals surface area contributed by atoms with Crippen LogP contribution in [0, 0.1) is 19.7 Å². The highest BCUT2D eigenvalue weighted by molar-refractivity contribution is 6.17. The molecule has 2 nitrogen and oxygen atoms in total. The summed E-state index contributed by atoms with van der Waals surface area (Å²) in [5, 5.41) is 0. The Kier molecular flexibility index (Phi) is 4.21. The number of nitrogens with zero attached hydrogens (tertiary/aromatic N) is 2. The molecule has 0 amide bonds. The lowest BCUT2D eigenvalue weighted by Crippen LogP contribution is -2.01. The Morgan fingerprint density at radius 3 is 2.27 bits per heavy atom. The number of rotatable bonds is 3. The van der Waals surface area contributed by atoms with E-state index in [-0.39, 0.29) is 5.82 Å². The number of pyridine rings is 1. The van der Waals surface area contributed by atoms with Gasteiger partial charge in [-0.1, -0.05) is 23.8 Å². The Bertz CT molecular complexity index is 1020. The molecule has 1 aliphatic heterocycles. The van der Waals surface area contributed by atoms with Crippen molar-refractivity contribution in [2.75, 3.05) is 0 Å². The van der Waals surface area contributed by atoms with E-state index in [9.17, 15) is 4.39 Å². The van der Waals surface area contributed by atoms with Crippen molar-refractivity contribution in [2.45, 2.75) is 20.3 Å². The van der Waals surface area contributed by atoms with Crippen molar-refractivity contribution in [3.05, 3.63) is 101 Å². The summed E-state index contributed by atoms with van der Waals surface area (Å²) in [6.45, 7) is 4.21. The van der Waals surface area contributed by atoms with Crippen molar-refractivity contribution in [3.8, 4) is 0 Å². The van der Waals surface area contributed by atoms with Crippen LogP contribution in [-0.4, -0.2) is 10.7 Å².